The van der Waals surface area contributed by atoms with Gasteiger partial charge in [0.25, 0.3) is 0 Å². The molecule has 0 radical (unpaired) electrons. The molecular formula is C21H23FN2O3. The van der Waals surface area contributed by atoms with Gasteiger partial charge in [-0.25, -0.2) is 4.39 Å². The van der Waals surface area contributed by atoms with Gasteiger partial charge in [-0.05, 0) is 43.7 Å². The quantitative estimate of drug-likeness (QED) is 0.821. The molecule has 142 valence electrons. The Bertz CT molecular complexity index is 836. The highest BCUT2D eigenvalue weighted by atomic mass is 19.1. The topological polar surface area (TPSA) is 58.6 Å². The Kier molecular flexibility index (Phi) is 5.44. The number of nitrogens with one attached hydrogen (secondary N) is 1. The van der Waals surface area contributed by atoms with Crippen molar-refractivity contribution in [3.8, 4) is 5.75 Å². The van der Waals surface area contributed by atoms with Gasteiger partial charge >= 0.3 is 0 Å². The van der Waals surface area contributed by atoms with Crippen molar-refractivity contribution in [2.75, 3.05) is 18.9 Å². The molecule has 0 saturated carbocycles. The molecule has 2 amide bonds. The van der Waals surface area contributed by atoms with Crippen LogP contribution in [0.5, 0.6) is 5.75 Å². The molecule has 1 aliphatic heterocycles. The largest absolute Gasteiger partial charge is 0.491 e. The van der Waals surface area contributed by atoms with Crippen molar-refractivity contribution < 1.29 is 18.7 Å². The lowest BCUT2D eigenvalue weighted by molar-refractivity contribution is -0.135. The van der Waals surface area contributed by atoms with Crippen LogP contribution in [0.2, 0.25) is 0 Å². The monoisotopic (exact) mass is 370 g/mol. The summed E-state index contributed by atoms with van der Waals surface area (Å²) < 4.78 is 19.5. The maximum atomic E-state index is 13.9. The minimum absolute atomic E-state index is 0.0642. The first-order valence-electron chi connectivity index (χ1n) is 8.94. The molecule has 6 heteroatoms. The Labute approximate surface area is 158 Å². The van der Waals surface area contributed by atoms with Crippen molar-refractivity contribution >= 4 is 17.5 Å². The van der Waals surface area contributed by atoms with Crippen LogP contribution < -0.4 is 10.1 Å². The van der Waals surface area contributed by atoms with Crippen LogP contribution in [0, 0.1) is 11.7 Å². The van der Waals surface area contributed by atoms with Crippen molar-refractivity contribution in [2.45, 2.75) is 25.9 Å². The number of hydrogen-bond donors (Lipinski definition) is 1. The number of nitrogens with zero attached hydrogens (tertiary/aromatic N) is 1. The number of benzene rings is 2. The highest BCUT2D eigenvalue weighted by Crippen LogP contribution is 2.35. The Morgan fingerprint density at radius 1 is 1.19 bits per heavy atom. The molecule has 0 unspecified atom stereocenters. The second-order valence-electron chi connectivity index (χ2n) is 7.01. The van der Waals surface area contributed by atoms with Crippen LogP contribution in [0.15, 0.2) is 48.5 Å². The fourth-order valence-corrected chi connectivity index (χ4v) is 3.33. The molecule has 0 bridgehead atoms. The van der Waals surface area contributed by atoms with Gasteiger partial charge in [-0.15, -0.1) is 0 Å². The molecule has 1 aliphatic rings. The van der Waals surface area contributed by atoms with Gasteiger partial charge in [0.1, 0.15) is 17.5 Å². The zero-order valence-corrected chi connectivity index (χ0v) is 15.6. The number of carbonyl (C=O) groups is 2. The minimum Gasteiger partial charge on any atom is -0.491 e. The van der Waals surface area contributed by atoms with Crippen molar-refractivity contribution in [3.05, 3.63) is 59.9 Å². The zero-order chi connectivity index (χ0) is 19.6. The van der Waals surface area contributed by atoms with Crippen LogP contribution >= 0.6 is 0 Å². The maximum absolute atomic E-state index is 13.9. The Hall–Kier alpha value is -2.89. The van der Waals surface area contributed by atoms with Crippen LogP contribution in [0.3, 0.4) is 0 Å². The first-order chi connectivity index (χ1) is 12.9. The van der Waals surface area contributed by atoms with Gasteiger partial charge in [-0.2, -0.15) is 0 Å². The van der Waals surface area contributed by atoms with Gasteiger partial charge in [0.05, 0.1) is 11.8 Å². The highest BCUT2D eigenvalue weighted by molar-refractivity contribution is 6.08. The third-order valence-electron chi connectivity index (χ3n) is 4.61. The van der Waals surface area contributed by atoms with E-state index < -0.39 is 17.6 Å². The fourth-order valence-electron chi connectivity index (χ4n) is 3.33. The van der Waals surface area contributed by atoms with E-state index in [0.717, 1.165) is 11.3 Å². The third kappa shape index (κ3) is 4.10. The van der Waals surface area contributed by atoms with Crippen molar-refractivity contribution in [1.82, 2.24) is 4.90 Å². The van der Waals surface area contributed by atoms with E-state index in [1.807, 2.05) is 38.1 Å². The number of hydrogen-bond acceptors (Lipinski definition) is 3. The maximum Gasteiger partial charge on any atom is 0.237 e. The summed E-state index contributed by atoms with van der Waals surface area (Å²) >= 11 is 0. The predicted molar refractivity (Wildman–Crippen MR) is 101 cm³/mol. The molecule has 2 aromatic carbocycles. The van der Waals surface area contributed by atoms with E-state index in [1.54, 1.807) is 19.2 Å². The summed E-state index contributed by atoms with van der Waals surface area (Å²) in [6.45, 7) is 4.32. The summed E-state index contributed by atoms with van der Waals surface area (Å²) in [7, 11) is 1.67. The zero-order valence-electron chi connectivity index (χ0n) is 15.6. The number of para-hydroxylation sites is 1. The predicted octanol–water partition coefficient (Wildman–Crippen LogP) is 3.42. The summed E-state index contributed by atoms with van der Waals surface area (Å²) in [6.07, 6.45) is 0.0642. The molecule has 1 fully saturated rings. The van der Waals surface area contributed by atoms with Crippen LogP contribution in [-0.2, 0) is 9.59 Å². The van der Waals surface area contributed by atoms with Gasteiger partial charge in [-0.3, -0.25) is 9.59 Å². The number of ether oxygens (including phenoxy) is 1. The number of anilines is 1. The van der Waals surface area contributed by atoms with Crippen LogP contribution in [0.4, 0.5) is 10.1 Å². The Balaban J connectivity index is 1.82. The highest BCUT2D eigenvalue weighted by Gasteiger charge is 2.44. The lowest BCUT2D eigenvalue weighted by Gasteiger charge is -2.18. The van der Waals surface area contributed by atoms with E-state index in [1.165, 1.54) is 17.0 Å². The third-order valence-corrected chi connectivity index (χ3v) is 4.61. The standard InChI is InChI=1S/C21H23FN2O3/c1-13(2)27-15-10-8-14(9-11-15)16-12-24(3)21(26)19(16)20(25)23-18-7-5-4-6-17(18)22/h4-11,13,16,19H,12H2,1-3H3,(H,23,25)/t16-,19+/m1/s1. The van der Waals surface area contributed by atoms with Crippen LogP contribution in [0.1, 0.15) is 25.3 Å². The molecule has 3 rings (SSSR count). The molecule has 1 heterocycles. The second-order valence-corrected chi connectivity index (χ2v) is 7.01. The first kappa shape index (κ1) is 18.9. The van der Waals surface area contributed by atoms with Gasteiger partial charge in [0.15, 0.2) is 0 Å². The molecule has 5 nitrogen and oxygen atoms in total. The molecule has 0 aromatic heterocycles. The first-order valence-corrected chi connectivity index (χ1v) is 8.94. The van der Waals surface area contributed by atoms with Crippen molar-refractivity contribution in [1.29, 1.82) is 0 Å². The minimum atomic E-state index is -0.897. The van der Waals surface area contributed by atoms with Crippen LogP contribution in [-0.4, -0.2) is 36.4 Å². The summed E-state index contributed by atoms with van der Waals surface area (Å²) in [5.74, 6) is -1.76. The lowest BCUT2D eigenvalue weighted by atomic mass is 9.88. The molecule has 27 heavy (non-hydrogen) atoms. The average Bonchev–Trinajstić information content (AvgIpc) is 2.92. The molecule has 1 saturated heterocycles. The number of likely N-dealkylation sites (tertiary alicyclic amines) is 1. The molecular weight excluding hydrogens is 347 g/mol. The molecule has 0 aliphatic carbocycles. The number of amides is 2. The Morgan fingerprint density at radius 2 is 1.85 bits per heavy atom. The number of likely N-dealkylation sites (N-methyl/N-ethyl adjacent to an activating group) is 1. The van der Waals surface area contributed by atoms with E-state index in [4.69, 9.17) is 4.74 Å². The number of rotatable bonds is 5. The molecule has 2 atom stereocenters. The Morgan fingerprint density at radius 3 is 2.48 bits per heavy atom. The van der Waals surface area contributed by atoms with E-state index in [-0.39, 0.29) is 23.6 Å². The average molecular weight is 370 g/mol. The summed E-state index contributed by atoms with van der Waals surface area (Å²) in [6, 6.07) is 13.3. The second kappa shape index (κ2) is 7.78. The normalized spacial score (nSPS) is 19.4. The van der Waals surface area contributed by atoms with E-state index in [0.29, 0.717) is 6.54 Å². The van der Waals surface area contributed by atoms with E-state index >= 15 is 0 Å². The van der Waals surface area contributed by atoms with Crippen molar-refractivity contribution in [3.63, 3.8) is 0 Å². The van der Waals surface area contributed by atoms with Gasteiger partial charge in [0.2, 0.25) is 11.8 Å². The van der Waals surface area contributed by atoms with Gasteiger partial charge in [-0.1, -0.05) is 24.3 Å². The van der Waals surface area contributed by atoms with Gasteiger partial charge in [0, 0.05) is 19.5 Å². The number of carbonyl (C=O) groups excluding carboxylic acids is 2. The summed E-state index contributed by atoms with van der Waals surface area (Å²) in [5, 5.41) is 2.55. The molecule has 2 aromatic rings. The number of halogens is 1. The van der Waals surface area contributed by atoms with E-state index in [9.17, 15) is 14.0 Å². The summed E-state index contributed by atoms with van der Waals surface area (Å²) in [5.41, 5.74) is 0.946. The van der Waals surface area contributed by atoms with Crippen molar-refractivity contribution in [2.24, 2.45) is 5.92 Å². The molecule has 1 N–H and O–H groups in total. The van der Waals surface area contributed by atoms with E-state index in [2.05, 4.69) is 5.32 Å². The van der Waals surface area contributed by atoms with Gasteiger partial charge < -0.3 is 15.0 Å². The fraction of sp³-hybridized carbons (Fsp3) is 0.333. The lowest BCUT2D eigenvalue weighted by Crippen LogP contribution is -2.33. The SMILES string of the molecule is CC(C)Oc1ccc([C@H]2CN(C)C(=O)[C@@H]2C(=O)Nc2ccccc2F)cc1. The van der Waals surface area contributed by atoms with Crippen LogP contribution in [0.25, 0.3) is 0 Å². The smallest absolute Gasteiger partial charge is 0.237 e. The summed E-state index contributed by atoms with van der Waals surface area (Å²) in [4.78, 5) is 26.9. The molecule has 0 spiro atoms.